The first-order valence-corrected chi connectivity index (χ1v) is 11.6. The van der Waals surface area contributed by atoms with E-state index in [1.807, 2.05) is 35.0 Å². The second-order valence-corrected chi connectivity index (χ2v) is 9.77. The van der Waals surface area contributed by atoms with Crippen LogP contribution in [0.2, 0.25) is 0 Å². The number of anilines is 1. The van der Waals surface area contributed by atoms with Gasteiger partial charge in [0, 0.05) is 22.7 Å². The second-order valence-electron chi connectivity index (χ2n) is 8.99. The topological polar surface area (TPSA) is 89.0 Å². The van der Waals surface area contributed by atoms with Gasteiger partial charge in [-0.3, -0.25) is 14.5 Å². The standard InChI is InChI=1S/C25H24N2O5S/c1-24(2)14-32-25(30)20(22(24)28)21(17-6-4-5-7-18(17)31-3)27(23(25)29)19-9-8-15(12-26-19)16-10-11-33-13-16/h4-13,20-21,30H,14H2,1-3H3. The zero-order valence-corrected chi connectivity index (χ0v) is 19.3. The summed E-state index contributed by atoms with van der Waals surface area (Å²) in [5.41, 5.74) is 1.68. The first kappa shape index (κ1) is 21.8. The van der Waals surface area contributed by atoms with Crippen molar-refractivity contribution in [3.05, 3.63) is 65.0 Å². The van der Waals surface area contributed by atoms with Crippen molar-refractivity contribution in [3.8, 4) is 16.9 Å². The van der Waals surface area contributed by atoms with Crippen molar-refractivity contribution in [2.24, 2.45) is 11.3 Å². The predicted molar refractivity (Wildman–Crippen MR) is 124 cm³/mol. The smallest absolute Gasteiger partial charge is 0.289 e. The molecule has 7 nitrogen and oxygen atoms in total. The molecule has 8 heteroatoms. The highest BCUT2D eigenvalue weighted by molar-refractivity contribution is 7.08. The maximum atomic E-state index is 13.6. The van der Waals surface area contributed by atoms with Crippen molar-refractivity contribution in [3.63, 3.8) is 0 Å². The van der Waals surface area contributed by atoms with Crippen LogP contribution in [0.5, 0.6) is 5.75 Å². The lowest BCUT2D eigenvalue weighted by Crippen LogP contribution is -2.57. The number of ketones is 1. The van der Waals surface area contributed by atoms with Crippen LogP contribution in [0, 0.1) is 11.3 Å². The number of amides is 1. The molecule has 0 spiro atoms. The SMILES string of the molecule is COc1ccccc1C1C2C(=O)C(C)(C)COC2(O)C(=O)N1c1ccc(-c2ccsc2)cn1. The third-order valence-corrected chi connectivity index (χ3v) is 7.13. The molecule has 1 amide bonds. The van der Waals surface area contributed by atoms with Crippen molar-refractivity contribution in [1.29, 1.82) is 0 Å². The molecule has 170 valence electrons. The minimum absolute atomic E-state index is 0.0540. The van der Waals surface area contributed by atoms with Crippen LogP contribution in [0.4, 0.5) is 5.82 Å². The summed E-state index contributed by atoms with van der Waals surface area (Å²) in [6, 6.07) is 11.9. The lowest BCUT2D eigenvalue weighted by molar-refractivity contribution is -0.244. The van der Waals surface area contributed by atoms with Crippen LogP contribution < -0.4 is 9.64 Å². The molecular formula is C25H24N2O5S. The van der Waals surface area contributed by atoms with Gasteiger partial charge in [-0.15, -0.1) is 0 Å². The third kappa shape index (κ3) is 3.28. The minimum Gasteiger partial charge on any atom is -0.496 e. The number of fused-ring (bicyclic) bond motifs is 1. The number of para-hydroxylation sites is 1. The molecule has 4 heterocycles. The van der Waals surface area contributed by atoms with E-state index in [9.17, 15) is 14.7 Å². The number of Topliss-reactive ketones (excluding diaryl/α,β-unsaturated/α-hetero) is 1. The van der Waals surface area contributed by atoms with Crippen molar-refractivity contribution < 1.29 is 24.2 Å². The molecule has 2 aromatic heterocycles. The van der Waals surface area contributed by atoms with Crippen LogP contribution in [0.25, 0.3) is 11.1 Å². The molecule has 1 N–H and O–H groups in total. The van der Waals surface area contributed by atoms with Crippen molar-refractivity contribution in [1.82, 2.24) is 4.98 Å². The van der Waals surface area contributed by atoms with Crippen molar-refractivity contribution in [2.75, 3.05) is 18.6 Å². The van der Waals surface area contributed by atoms with Gasteiger partial charge in [0.25, 0.3) is 11.7 Å². The zero-order valence-electron chi connectivity index (χ0n) is 18.5. The van der Waals surface area contributed by atoms with Crippen LogP contribution in [0.3, 0.4) is 0 Å². The fourth-order valence-corrected chi connectivity index (χ4v) is 5.32. The monoisotopic (exact) mass is 464 g/mol. The number of hydrogen-bond donors (Lipinski definition) is 1. The first-order chi connectivity index (χ1) is 15.8. The van der Waals surface area contributed by atoms with Gasteiger partial charge >= 0.3 is 0 Å². The number of carbonyl (C=O) groups is 2. The molecule has 33 heavy (non-hydrogen) atoms. The second kappa shape index (κ2) is 7.76. The van der Waals surface area contributed by atoms with Gasteiger partial charge in [0.05, 0.1) is 19.8 Å². The Balaban J connectivity index is 1.67. The van der Waals surface area contributed by atoms with Crippen LogP contribution in [-0.4, -0.2) is 41.3 Å². The van der Waals surface area contributed by atoms with E-state index in [4.69, 9.17) is 9.47 Å². The number of ether oxygens (including phenoxy) is 2. The quantitative estimate of drug-likeness (QED) is 0.631. The molecule has 2 aliphatic heterocycles. The number of thiophene rings is 1. The molecule has 0 radical (unpaired) electrons. The Morgan fingerprint density at radius 1 is 1.15 bits per heavy atom. The number of hydrogen-bond acceptors (Lipinski definition) is 7. The van der Waals surface area contributed by atoms with E-state index >= 15 is 0 Å². The summed E-state index contributed by atoms with van der Waals surface area (Å²) < 4.78 is 11.3. The van der Waals surface area contributed by atoms with Crippen LogP contribution >= 0.6 is 11.3 Å². The number of nitrogens with zero attached hydrogens (tertiary/aromatic N) is 2. The first-order valence-electron chi connectivity index (χ1n) is 10.6. The van der Waals surface area contributed by atoms with Gasteiger partial charge in [-0.1, -0.05) is 32.0 Å². The number of pyridine rings is 1. The molecule has 0 aliphatic carbocycles. The Hall–Kier alpha value is -3.07. The lowest BCUT2D eigenvalue weighted by Gasteiger charge is -2.40. The molecule has 1 aromatic carbocycles. The summed E-state index contributed by atoms with van der Waals surface area (Å²) in [6.07, 6.45) is 1.68. The molecule has 3 aromatic rings. The largest absolute Gasteiger partial charge is 0.496 e. The molecule has 0 saturated carbocycles. The Labute approximate surface area is 195 Å². The van der Waals surface area contributed by atoms with Gasteiger partial charge in [-0.2, -0.15) is 11.3 Å². The van der Waals surface area contributed by atoms with Gasteiger partial charge in [0.1, 0.15) is 17.5 Å². The Bertz CT molecular complexity index is 1210. The summed E-state index contributed by atoms with van der Waals surface area (Å²) in [6.45, 7) is 3.46. The minimum atomic E-state index is -2.27. The van der Waals surface area contributed by atoms with E-state index in [0.29, 0.717) is 17.1 Å². The van der Waals surface area contributed by atoms with Gasteiger partial charge in [-0.05, 0) is 40.6 Å². The highest BCUT2D eigenvalue weighted by Crippen LogP contribution is 2.53. The van der Waals surface area contributed by atoms with E-state index in [1.54, 1.807) is 49.6 Å². The Morgan fingerprint density at radius 3 is 2.61 bits per heavy atom. The summed E-state index contributed by atoms with van der Waals surface area (Å²) in [5.74, 6) is -3.52. The number of benzene rings is 1. The zero-order chi connectivity index (χ0) is 23.4. The van der Waals surface area contributed by atoms with E-state index < -0.39 is 29.1 Å². The van der Waals surface area contributed by atoms with E-state index in [-0.39, 0.29) is 12.4 Å². The summed E-state index contributed by atoms with van der Waals surface area (Å²) in [7, 11) is 1.53. The van der Waals surface area contributed by atoms with Crippen LogP contribution in [-0.2, 0) is 14.3 Å². The highest BCUT2D eigenvalue weighted by Gasteiger charge is 2.68. The van der Waals surface area contributed by atoms with Crippen molar-refractivity contribution >= 4 is 28.8 Å². The number of rotatable bonds is 4. The predicted octanol–water partition coefficient (Wildman–Crippen LogP) is 3.84. The summed E-state index contributed by atoms with van der Waals surface area (Å²) >= 11 is 1.59. The van der Waals surface area contributed by atoms with E-state index in [0.717, 1.165) is 11.1 Å². The van der Waals surface area contributed by atoms with Gasteiger partial charge in [0.15, 0.2) is 5.78 Å². The molecule has 0 bridgehead atoms. The molecule has 3 atom stereocenters. The molecule has 2 aliphatic rings. The van der Waals surface area contributed by atoms with Crippen LogP contribution in [0.1, 0.15) is 25.5 Å². The molecule has 3 unspecified atom stereocenters. The highest BCUT2D eigenvalue weighted by atomic mass is 32.1. The fourth-order valence-electron chi connectivity index (χ4n) is 4.65. The Morgan fingerprint density at radius 2 is 1.94 bits per heavy atom. The molecular weight excluding hydrogens is 440 g/mol. The van der Waals surface area contributed by atoms with E-state index in [2.05, 4.69) is 4.98 Å². The van der Waals surface area contributed by atoms with Crippen LogP contribution in [0.15, 0.2) is 59.4 Å². The molecule has 2 fully saturated rings. The average molecular weight is 465 g/mol. The molecule has 2 saturated heterocycles. The average Bonchev–Trinajstić information content (AvgIpc) is 3.43. The summed E-state index contributed by atoms with van der Waals surface area (Å²) in [5, 5.41) is 15.4. The van der Waals surface area contributed by atoms with E-state index in [1.165, 1.54) is 12.0 Å². The number of aromatic nitrogens is 1. The Kier molecular flexibility index (Phi) is 5.12. The third-order valence-electron chi connectivity index (χ3n) is 6.45. The normalized spacial score (nSPS) is 26.4. The van der Waals surface area contributed by atoms with Gasteiger partial charge in [-0.25, -0.2) is 4.98 Å². The van der Waals surface area contributed by atoms with Gasteiger partial charge in [0.2, 0.25) is 0 Å². The van der Waals surface area contributed by atoms with Gasteiger partial charge < -0.3 is 14.6 Å². The number of aliphatic hydroxyl groups is 1. The van der Waals surface area contributed by atoms with Crippen molar-refractivity contribution in [2.45, 2.75) is 25.7 Å². The summed E-state index contributed by atoms with van der Waals surface area (Å²) in [4.78, 5) is 33.1. The maximum Gasteiger partial charge on any atom is 0.289 e. The fraction of sp³-hybridized carbons (Fsp3) is 0.320. The number of methoxy groups -OCH3 is 1. The lowest BCUT2D eigenvalue weighted by atomic mass is 9.73. The maximum absolute atomic E-state index is 13.6. The molecule has 5 rings (SSSR count). The number of carbonyl (C=O) groups excluding carboxylic acids is 2.